The highest BCUT2D eigenvalue weighted by Crippen LogP contribution is 2.28. The zero-order valence-corrected chi connectivity index (χ0v) is 17.0. The number of aliphatic hydroxyl groups excluding tert-OH is 1. The number of fused-ring (bicyclic) bond motifs is 1. The summed E-state index contributed by atoms with van der Waals surface area (Å²) in [7, 11) is 0. The van der Waals surface area contributed by atoms with Crippen molar-refractivity contribution < 1.29 is 9.50 Å². The van der Waals surface area contributed by atoms with Gasteiger partial charge in [-0.3, -0.25) is 9.88 Å². The SMILES string of the molecule is Cc1cccc(-c2nc(Nc3ccncc3F)c3c(CN4CC[C@H](O)C4)ccn3n2)n1. The van der Waals surface area contributed by atoms with Crippen molar-refractivity contribution in [2.24, 2.45) is 0 Å². The lowest BCUT2D eigenvalue weighted by atomic mass is 10.2. The number of aryl methyl sites for hydroxylation is 1. The highest BCUT2D eigenvalue weighted by Gasteiger charge is 2.23. The summed E-state index contributed by atoms with van der Waals surface area (Å²) in [5, 5.41) is 17.6. The third-order valence-corrected chi connectivity index (χ3v) is 5.38. The number of anilines is 2. The smallest absolute Gasteiger partial charge is 0.200 e. The zero-order chi connectivity index (χ0) is 21.4. The van der Waals surface area contributed by atoms with E-state index in [1.54, 1.807) is 10.6 Å². The fraction of sp³-hybridized carbons (Fsp3) is 0.273. The highest BCUT2D eigenvalue weighted by molar-refractivity contribution is 5.78. The first-order valence-corrected chi connectivity index (χ1v) is 10.2. The van der Waals surface area contributed by atoms with E-state index >= 15 is 0 Å². The van der Waals surface area contributed by atoms with Crippen molar-refractivity contribution in [2.75, 3.05) is 18.4 Å². The molecule has 8 nitrogen and oxygen atoms in total. The number of nitrogens with zero attached hydrogens (tertiary/aromatic N) is 6. The van der Waals surface area contributed by atoms with E-state index in [0.717, 1.165) is 35.9 Å². The van der Waals surface area contributed by atoms with Crippen molar-refractivity contribution in [2.45, 2.75) is 26.0 Å². The summed E-state index contributed by atoms with van der Waals surface area (Å²) in [6.45, 7) is 4.01. The molecule has 1 aliphatic rings. The number of β-amino-alcohol motifs (C(OH)–C–C–N with tert-alkyl or cyclic N) is 1. The number of hydrogen-bond donors (Lipinski definition) is 2. The van der Waals surface area contributed by atoms with Gasteiger partial charge in [-0.1, -0.05) is 6.07 Å². The second-order valence-corrected chi connectivity index (χ2v) is 7.74. The van der Waals surface area contributed by atoms with Crippen LogP contribution in [-0.4, -0.2) is 53.8 Å². The van der Waals surface area contributed by atoms with Crippen LogP contribution < -0.4 is 5.32 Å². The molecule has 0 radical (unpaired) electrons. The molecule has 4 aromatic rings. The van der Waals surface area contributed by atoms with Gasteiger partial charge in [0, 0.05) is 37.7 Å². The summed E-state index contributed by atoms with van der Waals surface area (Å²) in [6.07, 6.45) is 5.02. The Balaban J connectivity index is 1.61. The van der Waals surface area contributed by atoms with Crippen LogP contribution in [0.25, 0.3) is 17.0 Å². The monoisotopic (exact) mass is 419 g/mol. The van der Waals surface area contributed by atoms with E-state index in [4.69, 9.17) is 4.98 Å². The van der Waals surface area contributed by atoms with Crippen LogP contribution in [-0.2, 0) is 6.54 Å². The molecular weight excluding hydrogens is 397 g/mol. The molecule has 0 saturated carbocycles. The maximum atomic E-state index is 14.3. The van der Waals surface area contributed by atoms with E-state index in [-0.39, 0.29) is 11.8 Å². The lowest BCUT2D eigenvalue weighted by Gasteiger charge is -2.16. The average Bonchev–Trinajstić information content (AvgIpc) is 3.36. The van der Waals surface area contributed by atoms with Crippen molar-refractivity contribution in [3.05, 3.63) is 66.0 Å². The summed E-state index contributed by atoms with van der Waals surface area (Å²) in [6, 6.07) is 9.21. The quantitative estimate of drug-likeness (QED) is 0.514. The Morgan fingerprint density at radius 3 is 2.90 bits per heavy atom. The van der Waals surface area contributed by atoms with Crippen LogP contribution in [0.1, 0.15) is 17.7 Å². The second-order valence-electron chi connectivity index (χ2n) is 7.74. The van der Waals surface area contributed by atoms with E-state index < -0.39 is 5.82 Å². The first kappa shape index (κ1) is 19.5. The minimum atomic E-state index is -0.467. The van der Waals surface area contributed by atoms with Crippen LogP contribution in [0, 0.1) is 12.7 Å². The predicted octanol–water partition coefficient (Wildman–Crippen LogP) is 2.94. The third-order valence-electron chi connectivity index (χ3n) is 5.38. The van der Waals surface area contributed by atoms with Gasteiger partial charge in [0.2, 0.25) is 5.82 Å². The van der Waals surface area contributed by atoms with Crippen LogP contribution in [0.5, 0.6) is 0 Å². The summed E-state index contributed by atoms with van der Waals surface area (Å²) in [5.74, 6) is 0.454. The Kier molecular flexibility index (Phi) is 5.05. The van der Waals surface area contributed by atoms with Gasteiger partial charge in [0.1, 0.15) is 11.2 Å². The number of rotatable bonds is 5. The number of aliphatic hydroxyl groups is 1. The van der Waals surface area contributed by atoms with Gasteiger partial charge in [0.15, 0.2) is 11.6 Å². The van der Waals surface area contributed by atoms with Crippen LogP contribution in [0.4, 0.5) is 15.9 Å². The largest absolute Gasteiger partial charge is 0.392 e. The van der Waals surface area contributed by atoms with E-state index in [1.165, 1.54) is 6.20 Å². The van der Waals surface area contributed by atoms with Gasteiger partial charge in [0.25, 0.3) is 0 Å². The fourth-order valence-electron chi connectivity index (χ4n) is 3.88. The Hall–Kier alpha value is -3.43. The van der Waals surface area contributed by atoms with E-state index in [1.807, 2.05) is 37.4 Å². The second kappa shape index (κ2) is 8.01. The number of pyridine rings is 2. The van der Waals surface area contributed by atoms with Crippen LogP contribution >= 0.6 is 0 Å². The van der Waals surface area contributed by atoms with Gasteiger partial charge in [-0.25, -0.2) is 18.9 Å². The lowest BCUT2D eigenvalue weighted by Crippen LogP contribution is -2.21. The molecule has 4 aromatic heterocycles. The van der Waals surface area contributed by atoms with Crippen LogP contribution in [0.3, 0.4) is 0 Å². The molecule has 5 heterocycles. The number of hydrogen-bond acceptors (Lipinski definition) is 7. The molecule has 1 aliphatic heterocycles. The topological polar surface area (TPSA) is 91.5 Å². The Morgan fingerprint density at radius 2 is 2.13 bits per heavy atom. The van der Waals surface area contributed by atoms with Crippen molar-refractivity contribution in [1.29, 1.82) is 0 Å². The molecule has 158 valence electrons. The normalized spacial score (nSPS) is 16.8. The summed E-state index contributed by atoms with van der Waals surface area (Å²) in [4.78, 5) is 15.2. The predicted molar refractivity (Wildman–Crippen MR) is 114 cm³/mol. The van der Waals surface area contributed by atoms with Gasteiger partial charge in [-0.05, 0) is 43.2 Å². The average molecular weight is 419 g/mol. The first-order valence-electron chi connectivity index (χ1n) is 10.2. The Labute approximate surface area is 178 Å². The standard InChI is InChI=1S/C22H22FN7O/c1-14-3-2-4-19(25-14)21-27-22(26-18-5-8-24-11-17(18)23)20-15(6-10-30(20)28-21)12-29-9-7-16(31)13-29/h2-6,8,10-11,16,31H,7,9,12-13H2,1H3,(H,24,26,27,28)/t16-/m0/s1. The van der Waals surface area contributed by atoms with Crippen molar-refractivity contribution in [3.63, 3.8) is 0 Å². The molecule has 0 unspecified atom stereocenters. The molecule has 0 bridgehead atoms. The molecule has 0 spiro atoms. The fourth-order valence-corrected chi connectivity index (χ4v) is 3.88. The molecule has 0 aromatic carbocycles. The number of nitrogens with one attached hydrogen (secondary N) is 1. The Morgan fingerprint density at radius 1 is 1.23 bits per heavy atom. The van der Waals surface area contributed by atoms with Crippen LogP contribution in [0.2, 0.25) is 0 Å². The van der Waals surface area contributed by atoms with Crippen LogP contribution in [0.15, 0.2) is 48.9 Å². The third kappa shape index (κ3) is 3.97. The summed E-state index contributed by atoms with van der Waals surface area (Å²) in [5.41, 5.74) is 3.53. The molecule has 2 N–H and O–H groups in total. The maximum Gasteiger partial charge on any atom is 0.200 e. The van der Waals surface area contributed by atoms with Crippen molar-refractivity contribution >= 4 is 17.0 Å². The van der Waals surface area contributed by atoms with Gasteiger partial charge in [-0.15, -0.1) is 5.10 Å². The van der Waals surface area contributed by atoms with E-state index in [9.17, 15) is 9.50 Å². The van der Waals surface area contributed by atoms with Crippen molar-refractivity contribution in [3.8, 4) is 11.5 Å². The maximum absolute atomic E-state index is 14.3. The number of aromatic nitrogens is 5. The molecule has 9 heteroatoms. The zero-order valence-electron chi connectivity index (χ0n) is 17.0. The molecule has 1 saturated heterocycles. The molecule has 1 fully saturated rings. The minimum absolute atomic E-state index is 0.280. The highest BCUT2D eigenvalue weighted by atomic mass is 19.1. The first-order chi connectivity index (χ1) is 15.1. The number of halogens is 1. The Bertz CT molecular complexity index is 1240. The molecule has 1 atom stereocenters. The van der Waals surface area contributed by atoms with E-state index in [2.05, 4.69) is 25.3 Å². The molecule has 0 amide bonds. The molecule has 0 aliphatic carbocycles. The van der Waals surface area contributed by atoms with E-state index in [0.29, 0.717) is 30.4 Å². The molecular formula is C22H22FN7O. The van der Waals surface area contributed by atoms with Gasteiger partial charge >= 0.3 is 0 Å². The van der Waals surface area contributed by atoms with Gasteiger partial charge in [-0.2, -0.15) is 0 Å². The van der Waals surface area contributed by atoms with Gasteiger partial charge < -0.3 is 10.4 Å². The minimum Gasteiger partial charge on any atom is -0.392 e. The van der Waals surface area contributed by atoms with Crippen molar-refractivity contribution in [1.82, 2.24) is 29.5 Å². The summed E-state index contributed by atoms with van der Waals surface area (Å²) >= 11 is 0. The molecule has 5 rings (SSSR count). The summed E-state index contributed by atoms with van der Waals surface area (Å²) < 4.78 is 16.1. The lowest BCUT2D eigenvalue weighted by molar-refractivity contribution is 0.175. The number of likely N-dealkylation sites (tertiary alicyclic amines) is 1. The molecule has 31 heavy (non-hydrogen) atoms. The van der Waals surface area contributed by atoms with Gasteiger partial charge in [0.05, 0.1) is 18.0 Å².